The number of hydrogen-bond acceptors (Lipinski definition) is 5. The molecule has 1 aromatic heterocycles. The van der Waals surface area contributed by atoms with Gasteiger partial charge in [-0.2, -0.15) is 5.10 Å². The first kappa shape index (κ1) is 20.2. The van der Waals surface area contributed by atoms with E-state index in [1.165, 1.54) is 18.5 Å². The normalized spacial score (nSPS) is 14.7. The van der Waals surface area contributed by atoms with E-state index in [-0.39, 0.29) is 16.8 Å². The highest BCUT2D eigenvalue weighted by molar-refractivity contribution is 7.89. The second-order valence-electron chi connectivity index (χ2n) is 7.32. The number of nitrogens with one attached hydrogen (secondary N) is 2. The quantitative estimate of drug-likeness (QED) is 0.605. The zero-order valence-electron chi connectivity index (χ0n) is 16.4. The van der Waals surface area contributed by atoms with E-state index in [4.69, 9.17) is 0 Å². The van der Waals surface area contributed by atoms with Gasteiger partial charge in [-0.25, -0.2) is 22.8 Å². The van der Waals surface area contributed by atoms with E-state index in [0.717, 1.165) is 36.9 Å². The summed E-state index contributed by atoms with van der Waals surface area (Å²) in [5, 5.41) is 6.90. The molecule has 3 aromatic rings. The van der Waals surface area contributed by atoms with E-state index in [2.05, 4.69) is 20.1 Å². The van der Waals surface area contributed by atoms with Crippen molar-refractivity contribution in [1.29, 1.82) is 0 Å². The predicted molar refractivity (Wildman–Crippen MR) is 112 cm³/mol. The summed E-state index contributed by atoms with van der Waals surface area (Å²) in [5.74, 6) is -0.326. The number of rotatable bonds is 7. The molecule has 0 radical (unpaired) electrons. The van der Waals surface area contributed by atoms with Crippen molar-refractivity contribution < 1.29 is 13.2 Å². The molecule has 0 bridgehead atoms. The first-order valence-electron chi connectivity index (χ1n) is 9.86. The predicted octanol–water partition coefficient (Wildman–Crippen LogP) is 2.42. The van der Waals surface area contributed by atoms with Crippen molar-refractivity contribution in [3.8, 4) is 5.69 Å². The molecule has 1 aliphatic carbocycles. The highest BCUT2D eigenvalue weighted by Crippen LogP contribution is 2.21. The average molecular weight is 426 g/mol. The number of sulfonamides is 1. The lowest BCUT2D eigenvalue weighted by atomic mass is 10.2. The molecule has 1 amide bonds. The summed E-state index contributed by atoms with van der Waals surface area (Å²) in [5.41, 5.74) is 2.10. The third-order valence-electron chi connectivity index (χ3n) is 5.16. The first-order valence-corrected chi connectivity index (χ1v) is 11.3. The molecule has 9 heteroatoms. The van der Waals surface area contributed by atoms with Crippen molar-refractivity contribution in [2.45, 2.75) is 43.2 Å². The Morgan fingerprint density at radius 2 is 1.87 bits per heavy atom. The lowest BCUT2D eigenvalue weighted by Gasteiger charge is -2.13. The summed E-state index contributed by atoms with van der Waals surface area (Å²) in [6.45, 7) is 0.327. The fourth-order valence-corrected chi connectivity index (χ4v) is 4.88. The summed E-state index contributed by atoms with van der Waals surface area (Å²) >= 11 is 0. The molecule has 0 unspecified atom stereocenters. The summed E-state index contributed by atoms with van der Waals surface area (Å²) in [7, 11) is -3.64. The molecule has 0 atom stereocenters. The Morgan fingerprint density at radius 1 is 1.10 bits per heavy atom. The number of carbonyl (C=O) groups is 1. The summed E-state index contributed by atoms with van der Waals surface area (Å²) in [6.07, 6.45) is 6.86. The molecule has 8 nitrogen and oxygen atoms in total. The van der Waals surface area contributed by atoms with Gasteiger partial charge in [0.25, 0.3) is 5.91 Å². The van der Waals surface area contributed by atoms with E-state index in [1.54, 1.807) is 23.1 Å². The van der Waals surface area contributed by atoms with Gasteiger partial charge in [-0.3, -0.25) is 4.79 Å². The van der Waals surface area contributed by atoms with E-state index >= 15 is 0 Å². The molecule has 0 saturated heterocycles. The molecule has 1 aliphatic rings. The van der Waals surface area contributed by atoms with E-state index in [0.29, 0.717) is 12.1 Å². The molecular weight excluding hydrogens is 402 g/mol. The minimum atomic E-state index is -3.64. The van der Waals surface area contributed by atoms with Gasteiger partial charge in [0.2, 0.25) is 10.0 Å². The Balaban J connectivity index is 1.39. The maximum absolute atomic E-state index is 12.6. The highest BCUT2D eigenvalue weighted by Gasteiger charge is 2.23. The van der Waals surface area contributed by atoms with Crippen LogP contribution >= 0.6 is 0 Å². The lowest BCUT2D eigenvalue weighted by Crippen LogP contribution is -2.32. The Bertz CT molecular complexity index is 1110. The van der Waals surface area contributed by atoms with E-state index in [1.807, 2.05) is 24.3 Å². The minimum absolute atomic E-state index is 0.0204. The number of hydrogen-bond donors (Lipinski definition) is 2. The van der Waals surface area contributed by atoms with E-state index < -0.39 is 10.0 Å². The van der Waals surface area contributed by atoms with Gasteiger partial charge in [0.1, 0.15) is 12.7 Å². The Labute approximate surface area is 175 Å². The second-order valence-corrected chi connectivity index (χ2v) is 9.03. The first-order chi connectivity index (χ1) is 14.5. The van der Waals surface area contributed by atoms with Gasteiger partial charge in [-0.15, -0.1) is 0 Å². The molecule has 30 heavy (non-hydrogen) atoms. The Morgan fingerprint density at radius 3 is 2.57 bits per heavy atom. The van der Waals surface area contributed by atoms with Crippen LogP contribution < -0.4 is 10.0 Å². The largest absolute Gasteiger partial charge is 0.348 e. The maximum Gasteiger partial charge on any atom is 0.251 e. The van der Waals surface area contributed by atoms with Gasteiger partial charge in [-0.05, 0) is 48.7 Å². The fraction of sp³-hybridized carbons (Fsp3) is 0.286. The van der Waals surface area contributed by atoms with Crippen LogP contribution in [0.1, 0.15) is 41.6 Å². The van der Waals surface area contributed by atoms with Gasteiger partial charge in [0, 0.05) is 18.2 Å². The van der Waals surface area contributed by atoms with Crippen LogP contribution in [0.15, 0.2) is 66.1 Å². The molecule has 156 valence electrons. The third-order valence-corrected chi connectivity index (χ3v) is 6.67. The molecule has 1 fully saturated rings. The topological polar surface area (TPSA) is 106 Å². The molecule has 4 rings (SSSR count). The van der Waals surface area contributed by atoms with Crippen LogP contribution in [0.25, 0.3) is 5.69 Å². The zero-order valence-corrected chi connectivity index (χ0v) is 17.2. The van der Waals surface area contributed by atoms with Gasteiger partial charge in [0.05, 0.1) is 10.6 Å². The van der Waals surface area contributed by atoms with Gasteiger partial charge >= 0.3 is 0 Å². The van der Waals surface area contributed by atoms with Crippen molar-refractivity contribution in [3.05, 3.63) is 72.3 Å². The second kappa shape index (κ2) is 8.76. The van der Waals surface area contributed by atoms with Crippen molar-refractivity contribution in [2.75, 3.05) is 0 Å². The minimum Gasteiger partial charge on any atom is -0.348 e. The number of aromatic nitrogens is 3. The molecule has 0 spiro atoms. The monoisotopic (exact) mass is 425 g/mol. The van der Waals surface area contributed by atoms with Gasteiger partial charge < -0.3 is 5.32 Å². The van der Waals surface area contributed by atoms with Crippen LogP contribution in [0.4, 0.5) is 0 Å². The van der Waals surface area contributed by atoms with Crippen LogP contribution in [0.3, 0.4) is 0 Å². The fourth-order valence-electron chi connectivity index (χ4n) is 3.53. The maximum atomic E-state index is 12.6. The third kappa shape index (κ3) is 4.74. The molecule has 2 N–H and O–H groups in total. The molecule has 1 saturated carbocycles. The lowest BCUT2D eigenvalue weighted by molar-refractivity contribution is 0.0950. The molecular formula is C21H23N5O3S. The molecule has 0 aliphatic heterocycles. The SMILES string of the molecule is O=C(NCc1ccc(-n2cncn2)cc1)c1cccc(S(=O)(=O)NC2CCCC2)c1. The van der Waals surface area contributed by atoms with Crippen molar-refractivity contribution in [1.82, 2.24) is 24.8 Å². The Hall–Kier alpha value is -3.04. The molecule has 2 aromatic carbocycles. The number of amides is 1. The van der Waals surface area contributed by atoms with Crippen LogP contribution in [0, 0.1) is 0 Å². The highest BCUT2D eigenvalue weighted by atomic mass is 32.2. The van der Waals surface area contributed by atoms with Crippen LogP contribution in [0.2, 0.25) is 0 Å². The van der Waals surface area contributed by atoms with Crippen molar-refractivity contribution in [3.63, 3.8) is 0 Å². The van der Waals surface area contributed by atoms with Crippen molar-refractivity contribution in [2.24, 2.45) is 0 Å². The Kier molecular flexibility index (Phi) is 5.91. The van der Waals surface area contributed by atoms with Crippen LogP contribution in [-0.2, 0) is 16.6 Å². The van der Waals surface area contributed by atoms with Gasteiger partial charge in [0.15, 0.2) is 0 Å². The van der Waals surface area contributed by atoms with Crippen LogP contribution in [-0.4, -0.2) is 35.1 Å². The van der Waals surface area contributed by atoms with Gasteiger partial charge in [-0.1, -0.05) is 31.0 Å². The smallest absolute Gasteiger partial charge is 0.251 e. The molecule has 1 heterocycles. The zero-order chi connectivity index (χ0) is 21.0. The summed E-state index contributed by atoms with van der Waals surface area (Å²) < 4.78 is 29.6. The van der Waals surface area contributed by atoms with E-state index in [9.17, 15) is 13.2 Å². The number of benzene rings is 2. The van der Waals surface area contributed by atoms with Crippen molar-refractivity contribution >= 4 is 15.9 Å². The average Bonchev–Trinajstić information content (AvgIpc) is 3.47. The van der Waals surface area contributed by atoms with Crippen LogP contribution in [0.5, 0.6) is 0 Å². The standard InChI is InChI=1S/C21H23N5O3S/c27-21(23-13-16-8-10-19(11-9-16)26-15-22-14-24-26)17-4-3-7-20(12-17)30(28,29)25-18-5-1-2-6-18/h3-4,7-12,14-15,18,25H,1-2,5-6,13H2,(H,23,27). The summed E-state index contributed by atoms with van der Waals surface area (Å²) in [6, 6.07) is 13.7. The number of carbonyl (C=O) groups excluding carboxylic acids is 1. The summed E-state index contributed by atoms with van der Waals surface area (Å²) in [4.78, 5) is 16.6. The number of nitrogens with zero attached hydrogens (tertiary/aromatic N) is 3.